The molecule has 0 aliphatic carbocycles. The van der Waals surface area contributed by atoms with Crippen molar-refractivity contribution in [3.05, 3.63) is 53.8 Å². The molecule has 1 amide bonds. The predicted molar refractivity (Wildman–Crippen MR) is 77.5 cm³/mol. The molecule has 1 aliphatic heterocycles. The van der Waals surface area contributed by atoms with Crippen molar-refractivity contribution in [2.45, 2.75) is 6.54 Å². The fraction of sp³-hybridized carbons (Fsp3) is 0.125. The lowest BCUT2D eigenvalue weighted by Crippen LogP contribution is -2.24. The number of imidazole rings is 1. The summed E-state index contributed by atoms with van der Waals surface area (Å²) in [5.74, 6) is 0.300. The first-order valence-electron chi connectivity index (χ1n) is 6.77. The summed E-state index contributed by atoms with van der Waals surface area (Å²) in [7, 11) is 0. The van der Waals surface area contributed by atoms with Gasteiger partial charge in [-0.05, 0) is 24.3 Å². The molecule has 21 heavy (non-hydrogen) atoms. The average Bonchev–Trinajstić information content (AvgIpc) is 2.77. The van der Waals surface area contributed by atoms with Crippen molar-refractivity contribution in [1.29, 1.82) is 0 Å². The molecular formula is C16H12FN3O. The van der Waals surface area contributed by atoms with Gasteiger partial charge in [-0.3, -0.25) is 4.79 Å². The van der Waals surface area contributed by atoms with Gasteiger partial charge in [0, 0.05) is 18.7 Å². The number of nitrogens with zero attached hydrogens (tertiary/aromatic N) is 2. The standard InChI is InChI=1S/C16H12FN3O/c17-11-4-1-3-10(9-11)15-19-13-6-2-5-12-14(13)20(15)8-7-18-16(12)21/h1-6,9H,7-8H2,(H,18,21). The van der Waals surface area contributed by atoms with E-state index >= 15 is 0 Å². The Morgan fingerprint density at radius 3 is 2.90 bits per heavy atom. The Morgan fingerprint density at radius 1 is 1.19 bits per heavy atom. The number of carbonyl (C=O) groups is 1. The molecule has 0 fully saturated rings. The molecule has 0 saturated heterocycles. The molecule has 4 nitrogen and oxygen atoms in total. The highest BCUT2D eigenvalue weighted by Crippen LogP contribution is 2.28. The number of aromatic nitrogens is 2. The van der Waals surface area contributed by atoms with Gasteiger partial charge in [-0.2, -0.15) is 0 Å². The van der Waals surface area contributed by atoms with Crippen LogP contribution in [0.15, 0.2) is 42.5 Å². The van der Waals surface area contributed by atoms with Crippen LogP contribution in [0.25, 0.3) is 22.4 Å². The third kappa shape index (κ3) is 1.81. The van der Waals surface area contributed by atoms with Crippen LogP contribution in [0.1, 0.15) is 10.4 Å². The minimum Gasteiger partial charge on any atom is -0.350 e. The number of halogens is 1. The largest absolute Gasteiger partial charge is 0.350 e. The van der Waals surface area contributed by atoms with Crippen LogP contribution in [0.4, 0.5) is 4.39 Å². The molecule has 1 aliphatic rings. The van der Waals surface area contributed by atoms with E-state index in [0.717, 1.165) is 11.0 Å². The summed E-state index contributed by atoms with van der Waals surface area (Å²) >= 11 is 0. The molecule has 0 spiro atoms. The fourth-order valence-corrected chi connectivity index (χ4v) is 2.81. The van der Waals surface area contributed by atoms with Crippen molar-refractivity contribution in [2.24, 2.45) is 0 Å². The van der Waals surface area contributed by atoms with Crippen LogP contribution < -0.4 is 5.32 Å². The molecule has 2 heterocycles. The topological polar surface area (TPSA) is 46.9 Å². The molecule has 104 valence electrons. The second-order valence-corrected chi connectivity index (χ2v) is 5.03. The zero-order valence-electron chi connectivity index (χ0n) is 11.1. The van der Waals surface area contributed by atoms with Crippen LogP contribution in [0.2, 0.25) is 0 Å². The minimum absolute atomic E-state index is 0.0926. The van der Waals surface area contributed by atoms with E-state index in [1.54, 1.807) is 12.1 Å². The van der Waals surface area contributed by atoms with Crippen molar-refractivity contribution in [3.8, 4) is 11.4 Å². The molecule has 1 N–H and O–H groups in total. The Hall–Kier alpha value is -2.69. The van der Waals surface area contributed by atoms with Crippen LogP contribution in [-0.2, 0) is 6.54 Å². The maximum Gasteiger partial charge on any atom is 0.253 e. The number of amides is 1. The van der Waals surface area contributed by atoms with Gasteiger partial charge in [0.15, 0.2) is 0 Å². The number of benzene rings is 2. The highest BCUT2D eigenvalue weighted by Gasteiger charge is 2.21. The summed E-state index contributed by atoms with van der Waals surface area (Å²) in [5.41, 5.74) is 2.89. The third-order valence-corrected chi connectivity index (χ3v) is 3.72. The van der Waals surface area contributed by atoms with Gasteiger partial charge < -0.3 is 9.88 Å². The summed E-state index contributed by atoms with van der Waals surface area (Å²) in [6.07, 6.45) is 0. The molecule has 0 saturated carbocycles. The van der Waals surface area contributed by atoms with E-state index in [1.165, 1.54) is 12.1 Å². The Bertz CT molecular complexity index is 869. The minimum atomic E-state index is -0.296. The van der Waals surface area contributed by atoms with E-state index in [9.17, 15) is 9.18 Å². The van der Waals surface area contributed by atoms with E-state index < -0.39 is 0 Å². The second-order valence-electron chi connectivity index (χ2n) is 5.03. The molecule has 1 aromatic heterocycles. The van der Waals surface area contributed by atoms with E-state index in [2.05, 4.69) is 10.3 Å². The Morgan fingerprint density at radius 2 is 2.05 bits per heavy atom. The van der Waals surface area contributed by atoms with Crippen LogP contribution in [0, 0.1) is 5.82 Å². The smallest absolute Gasteiger partial charge is 0.253 e. The molecule has 0 bridgehead atoms. The monoisotopic (exact) mass is 281 g/mol. The molecular weight excluding hydrogens is 269 g/mol. The average molecular weight is 281 g/mol. The van der Waals surface area contributed by atoms with Crippen LogP contribution >= 0.6 is 0 Å². The van der Waals surface area contributed by atoms with E-state index in [1.807, 2.05) is 22.8 Å². The van der Waals surface area contributed by atoms with Gasteiger partial charge in [0.25, 0.3) is 5.91 Å². The highest BCUT2D eigenvalue weighted by atomic mass is 19.1. The SMILES string of the molecule is O=C1NCCn2c(-c3cccc(F)c3)nc3cccc1c32. The van der Waals surface area contributed by atoms with Gasteiger partial charge in [0.1, 0.15) is 11.6 Å². The zero-order chi connectivity index (χ0) is 14.4. The second kappa shape index (κ2) is 4.41. The fourth-order valence-electron chi connectivity index (χ4n) is 2.81. The third-order valence-electron chi connectivity index (χ3n) is 3.72. The van der Waals surface area contributed by atoms with E-state index in [-0.39, 0.29) is 11.7 Å². The van der Waals surface area contributed by atoms with Gasteiger partial charge in [0.2, 0.25) is 0 Å². The van der Waals surface area contributed by atoms with Gasteiger partial charge in [-0.1, -0.05) is 18.2 Å². The highest BCUT2D eigenvalue weighted by molar-refractivity contribution is 6.06. The van der Waals surface area contributed by atoms with E-state index in [0.29, 0.717) is 30.0 Å². The van der Waals surface area contributed by atoms with E-state index in [4.69, 9.17) is 0 Å². The first kappa shape index (κ1) is 12.1. The molecule has 4 rings (SSSR count). The van der Waals surface area contributed by atoms with Crippen molar-refractivity contribution < 1.29 is 9.18 Å². The van der Waals surface area contributed by atoms with Crippen molar-refractivity contribution >= 4 is 16.9 Å². The molecule has 0 atom stereocenters. The van der Waals surface area contributed by atoms with Gasteiger partial charge in [-0.15, -0.1) is 0 Å². The number of hydrogen-bond donors (Lipinski definition) is 1. The van der Waals surface area contributed by atoms with Gasteiger partial charge >= 0.3 is 0 Å². The summed E-state index contributed by atoms with van der Waals surface area (Å²) in [6, 6.07) is 11.8. The lowest BCUT2D eigenvalue weighted by molar-refractivity contribution is 0.0956. The lowest BCUT2D eigenvalue weighted by atomic mass is 10.1. The van der Waals surface area contributed by atoms with Crippen molar-refractivity contribution in [2.75, 3.05) is 6.54 Å². The maximum absolute atomic E-state index is 13.5. The summed E-state index contributed by atoms with van der Waals surface area (Å²) in [4.78, 5) is 16.7. The molecule has 2 aromatic carbocycles. The van der Waals surface area contributed by atoms with Gasteiger partial charge in [0.05, 0.1) is 16.6 Å². The normalized spacial score (nSPS) is 14.0. The van der Waals surface area contributed by atoms with Crippen molar-refractivity contribution in [3.63, 3.8) is 0 Å². The molecule has 3 aromatic rings. The predicted octanol–water partition coefficient (Wildman–Crippen LogP) is 2.59. The van der Waals surface area contributed by atoms with Gasteiger partial charge in [-0.25, -0.2) is 9.37 Å². The number of carbonyl (C=O) groups excluding carboxylic acids is 1. The first-order valence-corrected chi connectivity index (χ1v) is 6.77. The number of rotatable bonds is 1. The first-order chi connectivity index (χ1) is 10.2. The Balaban J connectivity index is 2.05. The molecule has 0 radical (unpaired) electrons. The number of hydrogen-bond acceptors (Lipinski definition) is 2. The summed E-state index contributed by atoms with van der Waals surface area (Å²) in [6.45, 7) is 1.15. The molecule has 0 unspecified atom stereocenters. The summed E-state index contributed by atoms with van der Waals surface area (Å²) in [5, 5.41) is 2.87. The van der Waals surface area contributed by atoms with Crippen molar-refractivity contribution in [1.82, 2.24) is 14.9 Å². The number of nitrogens with one attached hydrogen (secondary N) is 1. The Kier molecular flexibility index (Phi) is 2.54. The number of para-hydroxylation sites is 1. The molecule has 5 heteroatoms. The Labute approximate surface area is 120 Å². The van der Waals surface area contributed by atoms with Crippen LogP contribution in [0.5, 0.6) is 0 Å². The zero-order valence-corrected chi connectivity index (χ0v) is 11.1. The van der Waals surface area contributed by atoms with Crippen LogP contribution in [-0.4, -0.2) is 22.0 Å². The lowest BCUT2D eigenvalue weighted by Gasteiger charge is -2.07. The quantitative estimate of drug-likeness (QED) is 0.745. The summed E-state index contributed by atoms with van der Waals surface area (Å²) < 4.78 is 15.5. The maximum atomic E-state index is 13.5. The van der Waals surface area contributed by atoms with Crippen LogP contribution in [0.3, 0.4) is 0 Å².